The van der Waals surface area contributed by atoms with Crippen molar-refractivity contribution < 1.29 is 9.90 Å². The highest BCUT2D eigenvalue weighted by atomic mass is 16.3. The van der Waals surface area contributed by atoms with Gasteiger partial charge in [0.2, 0.25) is 0 Å². The summed E-state index contributed by atoms with van der Waals surface area (Å²) in [5.74, 6) is 0.168. The van der Waals surface area contributed by atoms with Crippen molar-refractivity contribution >= 4 is 12.0 Å². The number of ketones is 1. The molecule has 0 fully saturated rings. The van der Waals surface area contributed by atoms with E-state index < -0.39 is 0 Å². The van der Waals surface area contributed by atoms with E-state index in [2.05, 4.69) is 17.1 Å². The molecule has 3 nitrogen and oxygen atoms in total. The van der Waals surface area contributed by atoms with Crippen LogP contribution in [-0.2, 0) is 11.2 Å². The zero-order valence-electron chi connectivity index (χ0n) is 14.4. The summed E-state index contributed by atoms with van der Waals surface area (Å²) in [7, 11) is 0. The molecule has 2 aromatic rings. The molecule has 0 saturated carbocycles. The van der Waals surface area contributed by atoms with Crippen LogP contribution in [0, 0.1) is 0 Å². The van der Waals surface area contributed by atoms with Gasteiger partial charge in [-0.25, -0.2) is 0 Å². The molecule has 1 aliphatic carbocycles. The Balaban J connectivity index is 1.68. The standard InChI is InChI=1S/C22H23NO2/c1-16(12-17-8-4-2-5-9-17)23-15-20-21(24)13-19(14-22(20)25)18-10-6-3-7-11-18/h2-11,15-16,19,24H,12-14H2,1H3. The van der Waals surface area contributed by atoms with Crippen LogP contribution >= 0.6 is 0 Å². The van der Waals surface area contributed by atoms with E-state index in [1.165, 1.54) is 5.56 Å². The Hall–Kier alpha value is -2.68. The molecule has 0 radical (unpaired) electrons. The second kappa shape index (κ2) is 7.93. The molecule has 2 unspecified atom stereocenters. The number of aliphatic hydroxyl groups is 1. The minimum absolute atomic E-state index is 0.0340. The fraction of sp³-hybridized carbons (Fsp3) is 0.273. The lowest BCUT2D eigenvalue weighted by Crippen LogP contribution is -2.19. The molecule has 0 aliphatic heterocycles. The normalized spacial score (nSPS) is 19.4. The number of aliphatic hydroxyl groups excluding tert-OH is 1. The highest BCUT2D eigenvalue weighted by Gasteiger charge is 2.27. The number of rotatable bonds is 5. The first kappa shape index (κ1) is 17.2. The van der Waals surface area contributed by atoms with Crippen LogP contribution in [0.4, 0.5) is 0 Å². The predicted octanol–water partition coefficient (Wildman–Crippen LogP) is 4.65. The first-order valence-corrected chi connectivity index (χ1v) is 8.71. The number of carbonyl (C=O) groups is 1. The molecule has 0 amide bonds. The Kier molecular flexibility index (Phi) is 5.44. The maximum Gasteiger partial charge on any atom is 0.168 e. The lowest BCUT2D eigenvalue weighted by atomic mass is 9.83. The van der Waals surface area contributed by atoms with Gasteiger partial charge in [0.1, 0.15) is 5.76 Å². The van der Waals surface area contributed by atoms with E-state index in [-0.39, 0.29) is 23.5 Å². The van der Waals surface area contributed by atoms with Crippen molar-refractivity contribution in [3.8, 4) is 0 Å². The molecular weight excluding hydrogens is 310 g/mol. The van der Waals surface area contributed by atoms with Crippen molar-refractivity contribution in [3.63, 3.8) is 0 Å². The minimum atomic E-state index is -0.0340. The van der Waals surface area contributed by atoms with Gasteiger partial charge in [-0.1, -0.05) is 60.7 Å². The van der Waals surface area contributed by atoms with E-state index in [1.54, 1.807) is 6.21 Å². The van der Waals surface area contributed by atoms with Gasteiger partial charge in [0.05, 0.1) is 11.6 Å². The molecule has 2 aromatic carbocycles. The van der Waals surface area contributed by atoms with Gasteiger partial charge in [-0.2, -0.15) is 0 Å². The molecule has 0 aromatic heterocycles. The quantitative estimate of drug-likeness (QED) is 0.810. The Labute approximate surface area is 148 Å². The Morgan fingerprint density at radius 2 is 1.72 bits per heavy atom. The third-order valence-electron chi connectivity index (χ3n) is 4.59. The van der Waals surface area contributed by atoms with Crippen molar-refractivity contribution in [3.05, 3.63) is 83.1 Å². The van der Waals surface area contributed by atoms with E-state index in [0.717, 1.165) is 12.0 Å². The van der Waals surface area contributed by atoms with E-state index in [4.69, 9.17) is 0 Å². The van der Waals surface area contributed by atoms with Crippen LogP contribution in [0.2, 0.25) is 0 Å². The largest absolute Gasteiger partial charge is 0.511 e. The van der Waals surface area contributed by atoms with Crippen LogP contribution in [0.25, 0.3) is 0 Å². The highest BCUT2D eigenvalue weighted by Crippen LogP contribution is 2.32. The maximum atomic E-state index is 12.5. The SMILES string of the molecule is CC(Cc1ccccc1)N=CC1=C(O)CC(c2ccccc2)CC1=O. The van der Waals surface area contributed by atoms with E-state index in [9.17, 15) is 9.90 Å². The molecule has 0 saturated heterocycles. The van der Waals surface area contributed by atoms with Gasteiger partial charge < -0.3 is 5.11 Å². The first-order valence-electron chi connectivity index (χ1n) is 8.71. The number of allylic oxidation sites excluding steroid dienone is 2. The van der Waals surface area contributed by atoms with Gasteiger partial charge in [-0.05, 0) is 30.4 Å². The number of nitrogens with zero attached hydrogens (tertiary/aromatic N) is 1. The number of benzene rings is 2. The lowest BCUT2D eigenvalue weighted by molar-refractivity contribution is -0.116. The molecule has 2 atom stereocenters. The second-order valence-electron chi connectivity index (χ2n) is 6.62. The number of hydrogen-bond donors (Lipinski definition) is 1. The van der Waals surface area contributed by atoms with Crippen LogP contribution < -0.4 is 0 Å². The molecule has 0 heterocycles. The van der Waals surface area contributed by atoms with Crippen LogP contribution in [-0.4, -0.2) is 23.1 Å². The number of carbonyl (C=O) groups excluding carboxylic acids is 1. The van der Waals surface area contributed by atoms with Crippen molar-refractivity contribution in [1.29, 1.82) is 0 Å². The third kappa shape index (κ3) is 4.44. The fourth-order valence-electron chi connectivity index (χ4n) is 3.23. The predicted molar refractivity (Wildman–Crippen MR) is 101 cm³/mol. The summed E-state index contributed by atoms with van der Waals surface area (Å²) in [4.78, 5) is 16.9. The summed E-state index contributed by atoms with van der Waals surface area (Å²) >= 11 is 0. The van der Waals surface area contributed by atoms with Crippen molar-refractivity contribution in [2.45, 2.75) is 38.1 Å². The molecule has 25 heavy (non-hydrogen) atoms. The summed E-state index contributed by atoms with van der Waals surface area (Å²) in [6.45, 7) is 2.02. The second-order valence-corrected chi connectivity index (χ2v) is 6.62. The zero-order valence-corrected chi connectivity index (χ0v) is 14.4. The molecule has 128 valence electrons. The third-order valence-corrected chi connectivity index (χ3v) is 4.59. The molecule has 1 N–H and O–H groups in total. The van der Waals surface area contributed by atoms with Crippen LogP contribution in [0.5, 0.6) is 0 Å². The van der Waals surface area contributed by atoms with Crippen LogP contribution in [0.3, 0.4) is 0 Å². The van der Waals surface area contributed by atoms with E-state index in [0.29, 0.717) is 18.4 Å². The van der Waals surface area contributed by atoms with E-state index >= 15 is 0 Å². The molecular formula is C22H23NO2. The monoisotopic (exact) mass is 333 g/mol. The molecule has 3 rings (SSSR count). The van der Waals surface area contributed by atoms with Gasteiger partial charge in [-0.3, -0.25) is 9.79 Å². The average Bonchev–Trinajstić information content (AvgIpc) is 2.62. The van der Waals surface area contributed by atoms with Crippen molar-refractivity contribution in [2.75, 3.05) is 0 Å². The zero-order chi connectivity index (χ0) is 17.6. The van der Waals surface area contributed by atoms with Crippen molar-refractivity contribution in [2.24, 2.45) is 4.99 Å². The smallest absolute Gasteiger partial charge is 0.168 e. The molecule has 0 bridgehead atoms. The molecule has 1 aliphatic rings. The Morgan fingerprint density at radius 3 is 2.36 bits per heavy atom. The summed E-state index contributed by atoms with van der Waals surface area (Å²) in [6.07, 6.45) is 3.28. The number of aliphatic imine (C=N–C) groups is 1. The van der Waals surface area contributed by atoms with Crippen LogP contribution in [0.15, 0.2) is 77.0 Å². The molecule has 3 heteroatoms. The Morgan fingerprint density at radius 1 is 1.08 bits per heavy atom. The average molecular weight is 333 g/mol. The lowest BCUT2D eigenvalue weighted by Gasteiger charge is -2.22. The summed E-state index contributed by atoms with van der Waals surface area (Å²) in [6, 6.07) is 20.1. The van der Waals surface area contributed by atoms with Crippen molar-refractivity contribution in [1.82, 2.24) is 0 Å². The summed E-state index contributed by atoms with van der Waals surface area (Å²) < 4.78 is 0. The maximum absolute atomic E-state index is 12.5. The number of hydrogen-bond acceptors (Lipinski definition) is 3. The summed E-state index contributed by atoms with van der Waals surface area (Å²) in [5.41, 5.74) is 2.67. The fourth-order valence-corrected chi connectivity index (χ4v) is 3.23. The number of Topliss-reactive ketones (excluding diaryl/α,β-unsaturated/α-hetero) is 1. The topological polar surface area (TPSA) is 49.7 Å². The first-order chi connectivity index (χ1) is 12.1. The molecule has 0 spiro atoms. The summed E-state index contributed by atoms with van der Waals surface area (Å²) in [5, 5.41) is 10.3. The minimum Gasteiger partial charge on any atom is -0.511 e. The van der Waals surface area contributed by atoms with Gasteiger partial charge in [-0.15, -0.1) is 0 Å². The van der Waals surface area contributed by atoms with Gasteiger partial charge in [0.25, 0.3) is 0 Å². The Bertz CT molecular complexity index is 778. The van der Waals surface area contributed by atoms with Gasteiger partial charge in [0, 0.05) is 19.1 Å². The van der Waals surface area contributed by atoms with Gasteiger partial charge in [0.15, 0.2) is 5.78 Å². The van der Waals surface area contributed by atoms with Crippen LogP contribution in [0.1, 0.15) is 36.8 Å². The highest BCUT2D eigenvalue weighted by molar-refractivity contribution is 6.14. The van der Waals surface area contributed by atoms with E-state index in [1.807, 2.05) is 55.5 Å². The van der Waals surface area contributed by atoms with Gasteiger partial charge >= 0.3 is 0 Å².